The normalized spacial score (nSPS) is 9.89. The third-order valence-electron chi connectivity index (χ3n) is 2.74. The van der Waals surface area contributed by atoms with E-state index < -0.39 is 6.03 Å². The summed E-state index contributed by atoms with van der Waals surface area (Å²) in [4.78, 5) is 10.7. The van der Waals surface area contributed by atoms with Crippen molar-refractivity contribution in [1.82, 2.24) is 0 Å². The molecule has 2 rings (SSSR count). The molecule has 0 aliphatic rings. The summed E-state index contributed by atoms with van der Waals surface area (Å²) in [6, 6.07) is 17.2. The molecule has 0 fully saturated rings. The number of nitrogens with two attached hydrogens (primary N) is 1. The van der Waals surface area contributed by atoms with E-state index in [0.29, 0.717) is 5.69 Å². The van der Waals surface area contributed by atoms with E-state index in [1.807, 2.05) is 42.5 Å². The van der Waals surface area contributed by atoms with Crippen LogP contribution in [0.4, 0.5) is 16.2 Å². The molecule has 4 nitrogen and oxygen atoms in total. The number of nitrogens with one attached hydrogen (secondary N) is 2. The lowest BCUT2D eigenvalue weighted by atomic mass is 10.1. The predicted molar refractivity (Wildman–Crippen MR) is 78.3 cm³/mol. The van der Waals surface area contributed by atoms with Gasteiger partial charge in [-0.2, -0.15) is 0 Å². The first-order valence-electron chi connectivity index (χ1n) is 6.18. The average Bonchev–Trinajstić information content (AvgIpc) is 2.41. The highest BCUT2D eigenvalue weighted by molar-refractivity contribution is 5.87. The molecule has 19 heavy (non-hydrogen) atoms. The second-order valence-electron chi connectivity index (χ2n) is 4.23. The Morgan fingerprint density at radius 2 is 1.58 bits per heavy atom. The quantitative estimate of drug-likeness (QED) is 0.769. The van der Waals surface area contributed by atoms with Gasteiger partial charge >= 0.3 is 6.03 Å². The molecule has 0 unspecified atom stereocenters. The van der Waals surface area contributed by atoms with Crippen molar-refractivity contribution in [2.75, 3.05) is 17.2 Å². The molecule has 0 aliphatic heterocycles. The Hall–Kier alpha value is -2.49. The molecule has 0 aromatic heterocycles. The van der Waals surface area contributed by atoms with Gasteiger partial charge in [0.15, 0.2) is 0 Å². The van der Waals surface area contributed by atoms with E-state index in [0.717, 1.165) is 18.7 Å². The number of amides is 2. The molecule has 4 heteroatoms. The van der Waals surface area contributed by atoms with Gasteiger partial charge in [0.05, 0.1) is 0 Å². The lowest BCUT2D eigenvalue weighted by Gasteiger charge is -2.07. The summed E-state index contributed by atoms with van der Waals surface area (Å²) >= 11 is 0. The van der Waals surface area contributed by atoms with Gasteiger partial charge in [0.1, 0.15) is 0 Å². The van der Waals surface area contributed by atoms with Crippen LogP contribution in [0.3, 0.4) is 0 Å². The summed E-state index contributed by atoms with van der Waals surface area (Å²) < 4.78 is 0. The third kappa shape index (κ3) is 4.35. The van der Waals surface area contributed by atoms with Crippen LogP contribution < -0.4 is 16.4 Å². The van der Waals surface area contributed by atoms with Gasteiger partial charge in [-0.1, -0.05) is 30.3 Å². The zero-order valence-corrected chi connectivity index (χ0v) is 10.6. The SMILES string of the molecule is NC(=O)Nc1ccc(NCCc2ccccc2)cc1. The number of hydrogen-bond donors (Lipinski definition) is 3. The number of benzene rings is 2. The molecule has 0 spiro atoms. The van der Waals surface area contributed by atoms with E-state index in [1.54, 1.807) is 0 Å². The number of carbonyl (C=O) groups excluding carboxylic acids is 1. The maximum Gasteiger partial charge on any atom is 0.316 e. The van der Waals surface area contributed by atoms with Gasteiger partial charge in [0, 0.05) is 17.9 Å². The van der Waals surface area contributed by atoms with Crippen molar-refractivity contribution in [1.29, 1.82) is 0 Å². The monoisotopic (exact) mass is 255 g/mol. The average molecular weight is 255 g/mol. The molecule has 0 saturated carbocycles. The van der Waals surface area contributed by atoms with Crippen molar-refractivity contribution >= 4 is 17.4 Å². The second kappa shape index (κ2) is 6.44. The van der Waals surface area contributed by atoms with Crippen LogP contribution in [0.2, 0.25) is 0 Å². The van der Waals surface area contributed by atoms with E-state index in [-0.39, 0.29) is 0 Å². The van der Waals surface area contributed by atoms with Crippen molar-refractivity contribution in [2.24, 2.45) is 5.73 Å². The summed E-state index contributed by atoms with van der Waals surface area (Å²) in [6.07, 6.45) is 0.974. The minimum atomic E-state index is -0.551. The molecule has 2 amide bonds. The number of rotatable bonds is 5. The Balaban J connectivity index is 1.81. The Bertz CT molecular complexity index is 523. The van der Waals surface area contributed by atoms with Crippen LogP contribution in [0.5, 0.6) is 0 Å². The van der Waals surface area contributed by atoms with Gasteiger partial charge in [0.2, 0.25) is 0 Å². The molecule has 0 heterocycles. The van der Waals surface area contributed by atoms with E-state index in [1.165, 1.54) is 5.56 Å². The molecule has 0 aliphatic carbocycles. The summed E-state index contributed by atoms with van der Waals surface area (Å²) in [7, 11) is 0. The van der Waals surface area contributed by atoms with Crippen LogP contribution >= 0.6 is 0 Å². The van der Waals surface area contributed by atoms with Crippen LogP contribution in [-0.2, 0) is 6.42 Å². The minimum Gasteiger partial charge on any atom is -0.385 e. The van der Waals surface area contributed by atoms with Crippen molar-refractivity contribution in [3.8, 4) is 0 Å². The molecule has 0 saturated heterocycles. The topological polar surface area (TPSA) is 67.2 Å². The van der Waals surface area contributed by atoms with Gasteiger partial charge in [-0.3, -0.25) is 0 Å². The molecule has 2 aromatic rings. The maximum atomic E-state index is 10.7. The highest BCUT2D eigenvalue weighted by Crippen LogP contribution is 2.13. The van der Waals surface area contributed by atoms with Crippen molar-refractivity contribution in [2.45, 2.75) is 6.42 Å². The van der Waals surface area contributed by atoms with Gasteiger partial charge in [-0.15, -0.1) is 0 Å². The van der Waals surface area contributed by atoms with Crippen LogP contribution in [0.1, 0.15) is 5.56 Å². The van der Waals surface area contributed by atoms with Crippen molar-refractivity contribution < 1.29 is 4.79 Å². The molecule has 0 bridgehead atoms. The van der Waals surface area contributed by atoms with Gasteiger partial charge < -0.3 is 16.4 Å². The minimum absolute atomic E-state index is 0.551. The molecule has 2 aromatic carbocycles. The summed E-state index contributed by atoms with van der Waals surface area (Å²) in [5, 5.41) is 5.85. The summed E-state index contributed by atoms with van der Waals surface area (Å²) in [5.41, 5.74) is 8.06. The molecular weight excluding hydrogens is 238 g/mol. The summed E-state index contributed by atoms with van der Waals surface area (Å²) in [6.45, 7) is 0.868. The van der Waals surface area contributed by atoms with Crippen LogP contribution in [0.25, 0.3) is 0 Å². The fourth-order valence-corrected chi connectivity index (χ4v) is 1.81. The van der Waals surface area contributed by atoms with E-state index in [2.05, 4.69) is 22.8 Å². The zero-order chi connectivity index (χ0) is 13.5. The number of anilines is 2. The Labute approximate surface area is 112 Å². The largest absolute Gasteiger partial charge is 0.385 e. The maximum absolute atomic E-state index is 10.7. The fraction of sp³-hybridized carbons (Fsp3) is 0.133. The lowest BCUT2D eigenvalue weighted by molar-refractivity contribution is 0.259. The van der Waals surface area contributed by atoms with Crippen LogP contribution in [0.15, 0.2) is 54.6 Å². The third-order valence-corrected chi connectivity index (χ3v) is 2.74. The number of hydrogen-bond acceptors (Lipinski definition) is 2. The number of carbonyl (C=O) groups is 1. The second-order valence-corrected chi connectivity index (χ2v) is 4.23. The van der Waals surface area contributed by atoms with E-state index >= 15 is 0 Å². The first kappa shape index (κ1) is 13.0. The molecule has 98 valence electrons. The van der Waals surface area contributed by atoms with Crippen molar-refractivity contribution in [3.05, 3.63) is 60.2 Å². The van der Waals surface area contributed by atoms with Gasteiger partial charge in [0.25, 0.3) is 0 Å². The zero-order valence-electron chi connectivity index (χ0n) is 10.6. The Kier molecular flexibility index (Phi) is 4.39. The van der Waals surface area contributed by atoms with E-state index in [9.17, 15) is 4.79 Å². The number of urea groups is 1. The smallest absolute Gasteiger partial charge is 0.316 e. The Morgan fingerprint density at radius 1 is 0.947 bits per heavy atom. The standard InChI is InChI=1S/C15H17N3O/c16-15(19)18-14-8-6-13(7-9-14)17-11-10-12-4-2-1-3-5-12/h1-9,17H,10-11H2,(H3,16,18,19). The first-order valence-corrected chi connectivity index (χ1v) is 6.18. The van der Waals surface area contributed by atoms with E-state index in [4.69, 9.17) is 5.73 Å². The highest BCUT2D eigenvalue weighted by Gasteiger charge is 1.97. The van der Waals surface area contributed by atoms with Crippen molar-refractivity contribution in [3.63, 3.8) is 0 Å². The van der Waals surface area contributed by atoms with Crippen LogP contribution in [0, 0.1) is 0 Å². The fourth-order valence-electron chi connectivity index (χ4n) is 1.81. The molecule has 4 N–H and O–H groups in total. The number of primary amides is 1. The Morgan fingerprint density at radius 3 is 2.21 bits per heavy atom. The summed E-state index contributed by atoms with van der Waals surface area (Å²) in [5.74, 6) is 0. The lowest BCUT2D eigenvalue weighted by Crippen LogP contribution is -2.19. The van der Waals surface area contributed by atoms with Gasteiger partial charge in [-0.05, 0) is 36.2 Å². The molecular formula is C15H17N3O. The van der Waals surface area contributed by atoms with Crippen LogP contribution in [-0.4, -0.2) is 12.6 Å². The first-order chi connectivity index (χ1) is 9.24. The molecule has 0 atom stereocenters. The highest BCUT2D eigenvalue weighted by atomic mass is 16.2. The molecule has 0 radical (unpaired) electrons. The predicted octanol–water partition coefficient (Wildman–Crippen LogP) is 2.83. The van der Waals surface area contributed by atoms with Gasteiger partial charge in [-0.25, -0.2) is 4.79 Å².